The summed E-state index contributed by atoms with van der Waals surface area (Å²) in [5.74, 6) is 0. The van der Waals surface area contributed by atoms with Gasteiger partial charge in [-0.1, -0.05) is 0 Å². The van der Waals surface area contributed by atoms with E-state index in [0.29, 0.717) is 14.5 Å². The second-order valence-corrected chi connectivity index (χ2v) is 4.14. The van der Waals surface area contributed by atoms with Crippen LogP contribution in [-0.4, -0.2) is 14.5 Å². The van der Waals surface area contributed by atoms with E-state index in [-0.39, 0.29) is 0 Å². The first-order valence-electron chi connectivity index (χ1n) is 2.35. The van der Waals surface area contributed by atoms with Crippen LogP contribution < -0.4 is 4.46 Å². The molecule has 1 atom stereocenters. The van der Waals surface area contributed by atoms with E-state index in [1.165, 1.54) is 4.46 Å². The van der Waals surface area contributed by atoms with Crippen molar-refractivity contribution in [1.82, 2.24) is 0 Å². The van der Waals surface area contributed by atoms with Gasteiger partial charge in [-0.3, -0.25) is 0 Å². The first-order valence-corrected chi connectivity index (χ1v) is 6.65. The zero-order chi connectivity index (χ0) is 5.82. The molecule has 0 fully saturated rings. The summed E-state index contributed by atoms with van der Waals surface area (Å²) in [5, 5.41) is 0. The van der Waals surface area contributed by atoms with Crippen molar-refractivity contribution in [2.24, 2.45) is 0 Å². The Morgan fingerprint density at radius 3 is 2.12 bits per heavy atom. The molecule has 2 heteroatoms. The van der Waals surface area contributed by atoms with Crippen LogP contribution in [0.1, 0.15) is 0 Å². The van der Waals surface area contributed by atoms with E-state index in [0.717, 1.165) is 0 Å². The van der Waals surface area contributed by atoms with E-state index in [9.17, 15) is 0 Å². The van der Waals surface area contributed by atoms with Crippen molar-refractivity contribution in [2.45, 2.75) is 0 Å². The van der Waals surface area contributed by atoms with Gasteiger partial charge >= 0.3 is 57.2 Å². The Labute approximate surface area is 57.6 Å². The molecule has 0 saturated carbocycles. The van der Waals surface area contributed by atoms with Gasteiger partial charge in [0.15, 0.2) is 0 Å². The van der Waals surface area contributed by atoms with Crippen LogP contribution in [0, 0.1) is 0 Å². The first kappa shape index (κ1) is 6.29. The van der Waals surface area contributed by atoms with Gasteiger partial charge in [0.25, 0.3) is 0 Å². The molecule has 0 radical (unpaired) electrons. The van der Waals surface area contributed by atoms with Gasteiger partial charge in [0.2, 0.25) is 0 Å². The van der Waals surface area contributed by atoms with Gasteiger partial charge in [-0.25, -0.2) is 0 Å². The van der Waals surface area contributed by atoms with Gasteiger partial charge in [-0.05, 0) is 0 Å². The van der Waals surface area contributed by atoms with Crippen LogP contribution in [0.4, 0.5) is 0 Å². The van der Waals surface area contributed by atoms with Gasteiger partial charge in [0.05, 0.1) is 0 Å². The average Bonchev–Trinajstić information content (AvgIpc) is 1.90. The summed E-state index contributed by atoms with van der Waals surface area (Å²) in [5.41, 5.74) is 0. The van der Waals surface area contributed by atoms with Crippen molar-refractivity contribution >= 4 is 26.9 Å². The Bertz CT molecular complexity index is 150. The van der Waals surface area contributed by atoms with Crippen molar-refractivity contribution in [3.05, 3.63) is 30.3 Å². The van der Waals surface area contributed by atoms with E-state index in [4.69, 9.17) is 0 Å². The summed E-state index contributed by atoms with van der Waals surface area (Å²) in [4.78, 5) is 0. The normalized spacial score (nSPS) is 9.12. The predicted molar refractivity (Wildman–Crippen MR) is 41.5 cm³/mol. The predicted octanol–water partition coefficient (Wildman–Crippen LogP) is 0.806. The summed E-state index contributed by atoms with van der Waals surface area (Å²) in [6.45, 7) is 0. The summed E-state index contributed by atoms with van der Waals surface area (Å²) < 4.78 is 1.44. The maximum atomic E-state index is 2.76. The van der Waals surface area contributed by atoms with Crippen LogP contribution >= 0.6 is 7.93 Å². The second kappa shape index (κ2) is 3.25. The molecule has 0 heterocycles. The third-order valence-corrected chi connectivity index (χ3v) is 3.44. The van der Waals surface area contributed by atoms with Crippen molar-refractivity contribution in [3.8, 4) is 0 Å². The number of hydrogen-bond donors (Lipinski definition) is 0. The number of benzene rings is 1. The summed E-state index contributed by atoms with van der Waals surface area (Å²) in [6, 6.07) is 10.5. The monoisotopic (exact) mass is 190 g/mol. The number of rotatable bonds is 1. The van der Waals surface area contributed by atoms with Crippen LogP contribution in [0.2, 0.25) is 0 Å². The van der Waals surface area contributed by atoms with E-state index >= 15 is 0 Å². The van der Waals surface area contributed by atoms with Crippen LogP contribution in [0.25, 0.3) is 0 Å². The molecule has 0 aromatic heterocycles. The molecule has 1 aromatic carbocycles. The second-order valence-electron chi connectivity index (χ2n) is 1.43. The Balaban J connectivity index is 2.83. The maximum absolute atomic E-state index is 2.76. The molecule has 1 rings (SSSR count). The molecule has 0 N–H and O–H groups in total. The third-order valence-electron chi connectivity index (χ3n) is 0.879. The van der Waals surface area contributed by atoms with Crippen LogP contribution in [0.15, 0.2) is 30.3 Å². The molecular weight excluding hydrogens is 182 g/mol. The summed E-state index contributed by atoms with van der Waals surface area (Å²) >= 11 is 0.585. The molecule has 0 aliphatic rings. The van der Waals surface area contributed by atoms with Crippen molar-refractivity contribution in [3.63, 3.8) is 0 Å². The third kappa shape index (κ3) is 1.59. The molecule has 0 amide bonds. The van der Waals surface area contributed by atoms with Gasteiger partial charge in [0, 0.05) is 0 Å². The van der Waals surface area contributed by atoms with E-state index in [1.54, 1.807) is 0 Å². The zero-order valence-corrected chi connectivity index (χ0v) is 7.24. The van der Waals surface area contributed by atoms with Gasteiger partial charge in [-0.15, -0.1) is 0 Å². The Morgan fingerprint density at radius 2 is 1.75 bits per heavy atom. The molecular formula is C6H7PSe. The minimum absolute atomic E-state index is 0.585. The standard InChI is InChI=1S/C6H7PSe/c7-8-6-4-2-1-3-5-6/h1-5H,7H2. The molecule has 0 spiro atoms. The van der Waals surface area contributed by atoms with E-state index in [2.05, 4.69) is 32.2 Å². The molecule has 0 aliphatic heterocycles. The van der Waals surface area contributed by atoms with Crippen LogP contribution in [0.5, 0.6) is 0 Å². The van der Waals surface area contributed by atoms with Gasteiger partial charge < -0.3 is 0 Å². The molecule has 8 heavy (non-hydrogen) atoms. The van der Waals surface area contributed by atoms with E-state index in [1.807, 2.05) is 6.07 Å². The summed E-state index contributed by atoms with van der Waals surface area (Å²) in [7, 11) is 2.76. The summed E-state index contributed by atoms with van der Waals surface area (Å²) in [6.07, 6.45) is 0. The minimum atomic E-state index is 0.585. The Hall–Kier alpha value is 0.169. The molecule has 0 bridgehead atoms. The molecule has 1 unspecified atom stereocenters. The first-order chi connectivity index (χ1) is 3.93. The van der Waals surface area contributed by atoms with Crippen molar-refractivity contribution < 1.29 is 0 Å². The van der Waals surface area contributed by atoms with Crippen molar-refractivity contribution in [2.75, 3.05) is 0 Å². The molecule has 0 nitrogen and oxygen atoms in total. The fraction of sp³-hybridized carbons (Fsp3) is 0. The number of hydrogen-bond acceptors (Lipinski definition) is 0. The quantitative estimate of drug-likeness (QED) is 0.453. The average molecular weight is 189 g/mol. The van der Waals surface area contributed by atoms with Crippen LogP contribution in [-0.2, 0) is 0 Å². The van der Waals surface area contributed by atoms with Crippen molar-refractivity contribution in [1.29, 1.82) is 0 Å². The van der Waals surface area contributed by atoms with Gasteiger partial charge in [-0.2, -0.15) is 0 Å². The van der Waals surface area contributed by atoms with Gasteiger partial charge in [0.1, 0.15) is 0 Å². The molecule has 0 aliphatic carbocycles. The molecule has 42 valence electrons. The SMILES string of the molecule is P[Se]c1ccccc1. The zero-order valence-electron chi connectivity index (χ0n) is 4.37. The fourth-order valence-corrected chi connectivity index (χ4v) is 1.97. The Kier molecular flexibility index (Phi) is 2.55. The van der Waals surface area contributed by atoms with Crippen LogP contribution in [0.3, 0.4) is 0 Å². The Morgan fingerprint density at radius 1 is 1.12 bits per heavy atom. The molecule has 1 aromatic rings. The topological polar surface area (TPSA) is 0 Å². The van der Waals surface area contributed by atoms with E-state index < -0.39 is 0 Å². The fourth-order valence-electron chi connectivity index (χ4n) is 0.499. The molecule has 0 saturated heterocycles.